The van der Waals surface area contributed by atoms with Crippen molar-refractivity contribution in [3.05, 3.63) is 29.6 Å². The van der Waals surface area contributed by atoms with Crippen LogP contribution in [0.15, 0.2) is 18.2 Å². The van der Waals surface area contributed by atoms with Crippen molar-refractivity contribution in [2.75, 3.05) is 12.3 Å². The lowest BCUT2D eigenvalue weighted by Crippen LogP contribution is -2.45. The molecule has 0 aromatic heterocycles. The van der Waals surface area contributed by atoms with Gasteiger partial charge in [0.2, 0.25) is 0 Å². The van der Waals surface area contributed by atoms with Gasteiger partial charge in [0.05, 0.1) is 11.2 Å². The van der Waals surface area contributed by atoms with E-state index in [0.717, 1.165) is 25.3 Å². The predicted octanol–water partition coefficient (Wildman–Crippen LogP) is 2.47. The lowest BCUT2D eigenvalue weighted by Gasteiger charge is -2.35. The molecule has 1 saturated carbocycles. The van der Waals surface area contributed by atoms with Gasteiger partial charge in [-0.3, -0.25) is 4.79 Å². The summed E-state index contributed by atoms with van der Waals surface area (Å²) in [6.45, 7) is 2.37. The van der Waals surface area contributed by atoms with E-state index in [1.165, 1.54) is 12.1 Å². The molecule has 0 bridgehead atoms. The fraction of sp³-hybridized carbons (Fsp3) is 0.562. The Bertz CT molecular complexity index is 511. The van der Waals surface area contributed by atoms with E-state index in [2.05, 4.69) is 12.2 Å². The molecule has 1 fully saturated rings. The Labute approximate surface area is 124 Å². The molecule has 1 aromatic rings. The van der Waals surface area contributed by atoms with Crippen molar-refractivity contribution in [1.29, 1.82) is 0 Å². The summed E-state index contributed by atoms with van der Waals surface area (Å²) in [7, 11) is 0. The molecule has 1 aliphatic carbocycles. The minimum absolute atomic E-state index is 0.106. The first-order valence-electron chi connectivity index (χ1n) is 7.49. The number of hydrogen-bond donors (Lipinski definition) is 3. The summed E-state index contributed by atoms with van der Waals surface area (Å²) >= 11 is 0. The molecule has 5 heteroatoms. The van der Waals surface area contributed by atoms with Crippen LogP contribution >= 0.6 is 0 Å². The topological polar surface area (TPSA) is 75.3 Å². The Morgan fingerprint density at radius 1 is 1.48 bits per heavy atom. The molecule has 1 aliphatic rings. The van der Waals surface area contributed by atoms with Crippen LogP contribution in [0.4, 0.5) is 10.1 Å². The van der Waals surface area contributed by atoms with Crippen LogP contribution in [0.25, 0.3) is 0 Å². The van der Waals surface area contributed by atoms with Gasteiger partial charge in [-0.15, -0.1) is 0 Å². The fourth-order valence-electron chi connectivity index (χ4n) is 2.88. The van der Waals surface area contributed by atoms with E-state index in [-0.39, 0.29) is 23.7 Å². The SMILES string of the molecule is CCC1CCC(O)(CNC(=O)c2ccc(F)cc2N)CC1. The maximum atomic E-state index is 13.0. The molecule has 0 spiro atoms. The Morgan fingerprint density at radius 3 is 2.71 bits per heavy atom. The van der Waals surface area contributed by atoms with E-state index in [1.54, 1.807) is 0 Å². The van der Waals surface area contributed by atoms with Crippen molar-refractivity contribution in [3.8, 4) is 0 Å². The first-order valence-corrected chi connectivity index (χ1v) is 7.49. The van der Waals surface area contributed by atoms with Gasteiger partial charge in [-0.1, -0.05) is 13.3 Å². The number of carbonyl (C=O) groups excluding carboxylic acids is 1. The standard InChI is InChI=1S/C16H23FN2O2/c1-2-11-5-7-16(21,8-6-11)10-19-15(20)13-4-3-12(17)9-14(13)18/h3-4,9,11,21H,2,5-8,10,18H2,1H3,(H,19,20). The van der Waals surface area contributed by atoms with Gasteiger partial charge >= 0.3 is 0 Å². The molecule has 4 nitrogen and oxygen atoms in total. The molecule has 0 radical (unpaired) electrons. The van der Waals surface area contributed by atoms with Gasteiger partial charge in [-0.25, -0.2) is 4.39 Å². The van der Waals surface area contributed by atoms with Crippen LogP contribution in [0.2, 0.25) is 0 Å². The third-order valence-electron chi connectivity index (χ3n) is 4.45. The van der Waals surface area contributed by atoms with Crippen LogP contribution < -0.4 is 11.1 Å². The Balaban J connectivity index is 1.92. The van der Waals surface area contributed by atoms with Gasteiger partial charge < -0.3 is 16.2 Å². The second kappa shape index (κ2) is 6.43. The molecule has 21 heavy (non-hydrogen) atoms. The van der Waals surface area contributed by atoms with Crippen molar-refractivity contribution in [3.63, 3.8) is 0 Å². The van der Waals surface area contributed by atoms with E-state index < -0.39 is 11.4 Å². The normalized spacial score (nSPS) is 25.6. The molecule has 0 atom stereocenters. The van der Waals surface area contributed by atoms with Crippen molar-refractivity contribution >= 4 is 11.6 Å². The van der Waals surface area contributed by atoms with E-state index in [1.807, 2.05) is 0 Å². The van der Waals surface area contributed by atoms with E-state index in [0.29, 0.717) is 18.8 Å². The van der Waals surface area contributed by atoms with Crippen molar-refractivity contribution in [1.82, 2.24) is 5.32 Å². The van der Waals surface area contributed by atoms with Crippen molar-refractivity contribution in [2.45, 2.75) is 44.6 Å². The van der Waals surface area contributed by atoms with Crippen molar-refractivity contribution in [2.24, 2.45) is 5.92 Å². The quantitative estimate of drug-likeness (QED) is 0.747. The second-order valence-corrected chi connectivity index (χ2v) is 5.99. The number of anilines is 1. The Kier molecular flexibility index (Phi) is 4.83. The number of nitrogens with one attached hydrogen (secondary N) is 1. The van der Waals surface area contributed by atoms with E-state index >= 15 is 0 Å². The minimum Gasteiger partial charge on any atom is -0.398 e. The van der Waals surface area contributed by atoms with Crippen LogP contribution in [0, 0.1) is 11.7 Å². The lowest BCUT2D eigenvalue weighted by molar-refractivity contribution is -0.00786. The summed E-state index contributed by atoms with van der Waals surface area (Å²) in [5, 5.41) is 13.2. The molecule has 0 saturated heterocycles. The molecule has 0 unspecified atom stereocenters. The lowest BCUT2D eigenvalue weighted by atomic mass is 9.78. The minimum atomic E-state index is -0.837. The molecule has 116 valence electrons. The zero-order valence-corrected chi connectivity index (χ0v) is 12.4. The molecule has 1 amide bonds. The highest BCUT2D eigenvalue weighted by Crippen LogP contribution is 2.33. The number of amides is 1. The van der Waals surface area contributed by atoms with Crippen LogP contribution in [-0.4, -0.2) is 23.2 Å². The number of benzene rings is 1. The van der Waals surface area contributed by atoms with Gasteiger partial charge in [0.15, 0.2) is 0 Å². The number of carbonyl (C=O) groups is 1. The molecule has 4 N–H and O–H groups in total. The van der Waals surface area contributed by atoms with Crippen LogP contribution in [0.3, 0.4) is 0 Å². The zero-order chi connectivity index (χ0) is 15.5. The summed E-state index contributed by atoms with van der Waals surface area (Å²) in [6.07, 6.45) is 4.51. The molecule has 1 aromatic carbocycles. The second-order valence-electron chi connectivity index (χ2n) is 5.99. The molecular formula is C16H23FN2O2. The van der Waals surface area contributed by atoms with E-state index in [4.69, 9.17) is 5.73 Å². The molecule has 0 aliphatic heterocycles. The Morgan fingerprint density at radius 2 is 2.14 bits per heavy atom. The number of aliphatic hydroxyl groups is 1. The van der Waals surface area contributed by atoms with Crippen LogP contribution in [-0.2, 0) is 0 Å². The average molecular weight is 294 g/mol. The number of nitrogens with two attached hydrogens (primary N) is 1. The summed E-state index contributed by atoms with van der Waals surface area (Å²) in [4.78, 5) is 12.1. The first kappa shape index (κ1) is 15.8. The monoisotopic (exact) mass is 294 g/mol. The highest BCUT2D eigenvalue weighted by Gasteiger charge is 2.33. The Hall–Kier alpha value is -1.62. The average Bonchev–Trinajstić information content (AvgIpc) is 2.46. The highest BCUT2D eigenvalue weighted by molar-refractivity contribution is 5.99. The van der Waals surface area contributed by atoms with E-state index in [9.17, 15) is 14.3 Å². The van der Waals surface area contributed by atoms with Gasteiger partial charge in [-0.2, -0.15) is 0 Å². The number of hydrogen-bond acceptors (Lipinski definition) is 3. The first-order chi connectivity index (χ1) is 9.93. The summed E-state index contributed by atoms with van der Waals surface area (Å²) < 4.78 is 13.0. The van der Waals surface area contributed by atoms with Gasteiger partial charge in [0.1, 0.15) is 5.82 Å². The summed E-state index contributed by atoms with van der Waals surface area (Å²) in [5.41, 5.74) is 5.14. The third kappa shape index (κ3) is 3.94. The van der Waals surface area contributed by atoms with Gasteiger partial charge in [-0.05, 0) is 49.8 Å². The smallest absolute Gasteiger partial charge is 0.253 e. The summed E-state index contributed by atoms with van der Waals surface area (Å²) in [6, 6.07) is 3.68. The molecular weight excluding hydrogens is 271 g/mol. The zero-order valence-electron chi connectivity index (χ0n) is 12.4. The molecule has 0 heterocycles. The largest absolute Gasteiger partial charge is 0.398 e. The number of rotatable bonds is 4. The maximum Gasteiger partial charge on any atom is 0.253 e. The highest BCUT2D eigenvalue weighted by atomic mass is 19.1. The predicted molar refractivity (Wildman–Crippen MR) is 80.3 cm³/mol. The van der Waals surface area contributed by atoms with Crippen LogP contribution in [0.5, 0.6) is 0 Å². The number of halogens is 1. The maximum absolute atomic E-state index is 13.0. The van der Waals surface area contributed by atoms with Crippen molar-refractivity contribution < 1.29 is 14.3 Å². The fourth-order valence-corrected chi connectivity index (χ4v) is 2.88. The summed E-state index contributed by atoms with van der Waals surface area (Å²) in [5.74, 6) is -0.173. The van der Waals surface area contributed by atoms with Crippen LogP contribution in [0.1, 0.15) is 49.4 Å². The third-order valence-corrected chi connectivity index (χ3v) is 4.45. The van der Waals surface area contributed by atoms with Gasteiger partial charge in [0.25, 0.3) is 5.91 Å². The molecule has 2 rings (SSSR count). The van der Waals surface area contributed by atoms with Gasteiger partial charge in [0, 0.05) is 12.2 Å². The number of nitrogen functional groups attached to an aromatic ring is 1.